The summed E-state index contributed by atoms with van der Waals surface area (Å²) in [5.74, 6) is 1.73. The normalized spacial score (nSPS) is 16.7. The number of methoxy groups -OCH3 is 1. The van der Waals surface area contributed by atoms with E-state index in [1.807, 2.05) is 36.4 Å². The van der Waals surface area contributed by atoms with Gasteiger partial charge >= 0.3 is 0 Å². The first-order valence-electron chi connectivity index (χ1n) is 9.05. The fourth-order valence-corrected chi connectivity index (χ4v) is 3.32. The molecule has 1 unspecified atom stereocenters. The van der Waals surface area contributed by atoms with Crippen LogP contribution < -0.4 is 9.64 Å². The number of nitrogens with zero attached hydrogens (tertiary/aromatic N) is 3. The van der Waals surface area contributed by atoms with Crippen molar-refractivity contribution < 1.29 is 14.1 Å². The molecule has 0 spiro atoms. The minimum atomic E-state index is -0.0774. The standard InChI is InChI=1S/C21H21N3O3/c1-3-14-7-9-17(10-8-14)24-13-16(12-19(24)25)20-22-21(27-23-20)15-5-4-6-18(11-15)26-2/h4-11,16H,3,12-13H2,1-2H3. The smallest absolute Gasteiger partial charge is 0.258 e. The number of aromatic nitrogens is 2. The van der Waals surface area contributed by atoms with Gasteiger partial charge in [-0.25, -0.2) is 0 Å². The molecule has 1 aliphatic heterocycles. The second-order valence-electron chi connectivity index (χ2n) is 6.62. The topological polar surface area (TPSA) is 68.5 Å². The quantitative estimate of drug-likeness (QED) is 0.689. The number of hydrogen-bond acceptors (Lipinski definition) is 5. The zero-order chi connectivity index (χ0) is 18.8. The number of benzene rings is 2. The molecule has 6 nitrogen and oxygen atoms in total. The molecule has 1 amide bonds. The number of anilines is 1. The van der Waals surface area contributed by atoms with Gasteiger partial charge in [-0.05, 0) is 42.3 Å². The summed E-state index contributed by atoms with van der Waals surface area (Å²) < 4.78 is 10.7. The van der Waals surface area contributed by atoms with Crippen LogP contribution in [0.15, 0.2) is 53.1 Å². The maximum Gasteiger partial charge on any atom is 0.258 e. The van der Waals surface area contributed by atoms with Crippen molar-refractivity contribution in [3.8, 4) is 17.2 Å². The largest absolute Gasteiger partial charge is 0.497 e. The van der Waals surface area contributed by atoms with Gasteiger partial charge in [-0.1, -0.05) is 30.3 Å². The SMILES string of the molecule is CCc1ccc(N2CC(c3noc(-c4cccc(OC)c4)n3)CC2=O)cc1. The zero-order valence-electron chi connectivity index (χ0n) is 15.4. The number of hydrogen-bond donors (Lipinski definition) is 0. The number of carbonyl (C=O) groups excluding carboxylic acids is 1. The summed E-state index contributed by atoms with van der Waals surface area (Å²) >= 11 is 0. The molecular weight excluding hydrogens is 342 g/mol. The van der Waals surface area contributed by atoms with Crippen LogP contribution in [-0.2, 0) is 11.2 Å². The van der Waals surface area contributed by atoms with Gasteiger partial charge in [0.25, 0.3) is 5.89 Å². The lowest BCUT2D eigenvalue weighted by atomic mass is 10.1. The molecule has 6 heteroatoms. The van der Waals surface area contributed by atoms with Gasteiger partial charge in [0, 0.05) is 30.1 Å². The van der Waals surface area contributed by atoms with Crippen LogP contribution in [0.5, 0.6) is 5.75 Å². The summed E-state index contributed by atoms with van der Waals surface area (Å²) in [6.07, 6.45) is 1.36. The van der Waals surface area contributed by atoms with Gasteiger partial charge in [0.05, 0.1) is 7.11 Å². The molecule has 0 N–H and O–H groups in total. The van der Waals surface area contributed by atoms with Crippen LogP contribution >= 0.6 is 0 Å². The van der Waals surface area contributed by atoms with E-state index in [0.717, 1.165) is 23.4 Å². The van der Waals surface area contributed by atoms with Crippen molar-refractivity contribution in [2.75, 3.05) is 18.6 Å². The van der Waals surface area contributed by atoms with Gasteiger partial charge in [0.15, 0.2) is 5.82 Å². The first kappa shape index (κ1) is 17.3. The average molecular weight is 363 g/mol. The van der Waals surface area contributed by atoms with Crippen LogP contribution in [0.4, 0.5) is 5.69 Å². The minimum Gasteiger partial charge on any atom is -0.497 e. The third kappa shape index (κ3) is 3.43. The van der Waals surface area contributed by atoms with E-state index in [-0.39, 0.29) is 11.8 Å². The highest BCUT2D eigenvalue weighted by Crippen LogP contribution is 2.32. The van der Waals surface area contributed by atoms with E-state index in [2.05, 4.69) is 29.2 Å². The van der Waals surface area contributed by atoms with Crippen LogP contribution in [0.2, 0.25) is 0 Å². The summed E-state index contributed by atoms with van der Waals surface area (Å²) in [6.45, 7) is 2.67. The van der Waals surface area contributed by atoms with Crippen molar-refractivity contribution in [2.24, 2.45) is 0 Å². The predicted molar refractivity (Wildman–Crippen MR) is 102 cm³/mol. The van der Waals surface area contributed by atoms with E-state index >= 15 is 0 Å². The lowest BCUT2D eigenvalue weighted by Crippen LogP contribution is -2.24. The van der Waals surface area contributed by atoms with E-state index in [1.165, 1.54) is 5.56 Å². The van der Waals surface area contributed by atoms with Crippen LogP contribution in [0.1, 0.15) is 30.7 Å². The molecule has 0 radical (unpaired) electrons. The Labute approximate surface area is 157 Å². The summed E-state index contributed by atoms with van der Waals surface area (Å²) in [7, 11) is 1.62. The lowest BCUT2D eigenvalue weighted by molar-refractivity contribution is -0.117. The van der Waals surface area contributed by atoms with Crippen LogP contribution in [0.25, 0.3) is 11.5 Å². The average Bonchev–Trinajstić information content (AvgIpc) is 3.35. The lowest BCUT2D eigenvalue weighted by Gasteiger charge is -2.16. The number of aryl methyl sites for hydroxylation is 1. The monoisotopic (exact) mass is 363 g/mol. The van der Waals surface area contributed by atoms with Gasteiger partial charge < -0.3 is 14.2 Å². The zero-order valence-corrected chi connectivity index (χ0v) is 15.4. The second-order valence-corrected chi connectivity index (χ2v) is 6.62. The number of rotatable bonds is 5. The Kier molecular flexibility index (Phi) is 4.62. The molecule has 1 fully saturated rings. The van der Waals surface area contributed by atoms with Gasteiger partial charge in [0.1, 0.15) is 5.75 Å². The molecule has 1 saturated heterocycles. The molecule has 4 rings (SSSR count). The Balaban J connectivity index is 1.53. The molecule has 1 atom stereocenters. The van der Waals surface area contributed by atoms with Crippen LogP contribution in [-0.4, -0.2) is 29.7 Å². The Bertz CT molecular complexity index is 949. The van der Waals surface area contributed by atoms with E-state index in [0.29, 0.717) is 24.7 Å². The second kappa shape index (κ2) is 7.23. The maximum absolute atomic E-state index is 12.5. The summed E-state index contributed by atoms with van der Waals surface area (Å²) in [5, 5.41) is 4.11. The first-order chi connectivity index (χ1) is 13.2. The molecule has 2 aromatic carbocycles. The molecule has 138 valence electrons. The molecule has 0 aliphatic carbocycles. The van der Waals surface area contributed by atoms with Crippen molar-refractivity contribution in [3.05, 3.63) is 59.9 Å². The summed E-state index contributed by atoms with van der Waals surface area (Å²) in [4.78, 5) is 18.8. The Hall–Kier alpha value is -3.15. The van der Waals surface area contributed by atoms with Crippen molar-refractivity contribution >= 4 is 11.6 Å². The fraction of sp³-hybridized carbons (Fsp3) is 0.286. The Morgan fingerprint density at radius 2 is 2.04 bits per heavy atom. The summed E-state index contributed by atoms with van der Waals surface area (Å²) in [6, 6.07) is 15.6. The summed E-state index contributed by atoms with van der Waals surface area (Å²) in [5.41, 5.74) is 2.96. The Morgan fingerprint density at radius 1 is 1.22 bits per heavy atom. The minimum absolute atomic E-state index is 0.0774. The molecule has 1 aromatic heterocycles. The molecule has 3 aromatic rings. The third-order valence-electron chi connectivity index (χ3n) is 4.90. The molecular formula is C21H21N3O3. The van der Waals surface area contributed by atoms with Gasteiger partial charge in [0.2, 0.25) is 5.91 Å². The number of ether oxygens (including phenoxy) is 1. The molecule has 1 aliphatic rings. The van der Waals surface area contributed by atoms with Gasteiger partial charge in [-0.3, -0.25) is 4.79 Å². The predicted octanol–water partition coefficient (Wildman–Crippen LogP) is 3.83. The van der Waals surface area contributed by atoms with Crippen molar-refractivity contribution in [2.45, 2.75) is 25.7 Å². The molecule has 27 heavy (non-hydrogen) atoms. The highest BCUT2D eigenvalue weighted by Gasteiger charge is 2.34. The maximum atomic E-state index is 12.5. The van der Waals surface area contributed by atoms with Gasteiger partial charge in [-0.2, -0.15) is 4.98 Å². The molecule has 0 saturated carbocycles. The van der Waals surface area contributed by atoms with E-state index < -0.39 is 0 Å². The Morgan fingerprint density at radius 3 is 2.78 bits per heavy atom. The fourth-order valence-electron chi connectivity index (χ4n) is 3.32. The molecule has 0 bridgehead atoms. The highest BCUT2D eigenvalue weighted by atomic mass is 16.5. The molecule has 2 heterocycles. The number of carbonyl (C=O) groups is 1. The van der Waals surface area contributed by atoms with Gasteiger partial charge in [-0.15, -0.1) is 0 Å². The van der Waals surface area contributed by atoms with E-state index in [1.54, 1.807) is 12.0 Å². The first-order valence-corrected chi connectivity index (χ1v) is 9.05. The van der Waals surface area contributed by atoms with E-state index in [9.17, 15) is 4.79 Å². The van der Waals surface area contributed by atoms with Crippen molar-refractivity contribution in [3.63, 3.8) is 0 Å². The van der Waals surface area contributed by atoms with E-state index in [4.69, 9.17) is 9.26 Å². The number of amides is 1. The van der Waals surface area contributed by atoms with Crippen molar-refractivity contribution in [1.29, 1.82) is 0 Å². The van der Waals surface area contributed by atoms with Crippen LogP contribution in [0, 0.1) is 0 Å². The third-order valence-corrected chi connectivity index (χ3v) is 4.90. The van der Waals surface area contributed by atoms with Crippen molar-refractivity contribution in [1.82, 2.24) is 10.1 Å². The van der Waals surface area contributed by atoms with Crippen LogP contribution in [0.3, 0.4) is 0 Å². The highest BCUT2D eigenvalue weighted by molar-refractivity contribution is 5.96.